The van der Waals surface area contributed by atoms with Crippen LogP contribution in [0.25, 0.3) is 0 Å². The first kappa shape index (κ1) is 15.0. The second kappa shape index (κ2) is 5.36. The highest BCUT2D eigenvalue weighted by Gasteiger charge is 2.46. The summed E-state index contributed by atoms with van der Waals surface area (Å²) >= 11 is 0. The lowest BCUT2D eigenvalue weighted by atomic mass is 9.66. The van der Waals surface area contributed by atoms with Gasteiger partial charge in [-0.25, -0.2) is 4.39 Å². The summed E-state index contributed by atoms with van der Waals surface area (Å²) in [5.74, 6) is 0.0302. The van der Waals surface area contributed by atoms with Gasteiger partial charge < -0.3 is 9.84 Å². The van der Waals surface area contributed by atoms with Gasteiger partial charge in [-0.1, -0.05) is 26.0 Å². The Bertz CT molecular complexity index is 490. The van der Waals surface area contributed by atoms with Crippen molar-refractivity contribution >= 4 is 0 Å². The van der Waals surface area contributed by atoms with Crippen LogP contribution in [0.5, 0.6) is 0 Å². The molecule has 2 unspecified atom stereocenters. The zero-order valence-electron chi connectivity index (χ0n) is 12.9. The predicted octanol–water partition coefficient (Wildman–Crippen LogP) is 3.81. The van der Waals surface area contributed by atoms with Crippen LogP contribution in [0.15, 0.2) is 24.3 Å². The molecular formula is C18H25FO2. The molecule has 1 saturated heterocycles. The molecule has 1 N–H and O–H groups in total. The summed E-state index contributed by atoms with van der Waals surface area (Å²) in [6.45, 7) is 4.85. The fraction of sp³-hybridized carbons (Fsp3) is 0.667. The number of ether oxygens (including phenoxy) is 1. The van der Waals surface area contributed by atoms with E-state index in [0.29, 0.717) is 0 Å². The number of aliphatic hydroxyl groups is 1. The Hall–Kier alpha value is -0.930. The molecule has 21 heavy (non-hydrogen) atoms. The monoisotopic (exact) mass is 292 g/mol. The van der Waals surface area contributed by atoms with Crippen molar-refractivity contribution in [3.63, 3.8) is 0 Å². The molecule has 2 aliphatic rings. The fourth-order valence-corrected chi connectivity index (χ4v) is 3.89. The van der Waals surface area contributed by atoms with Crippen LogP contribution < -0.4 is 0 Å². The van der Waals surface area contributed by atoms with Crippen LogP contribution in [0.3, 0.4) is 0 Å². The Balaban J connectivity index is 1.76. The molecule has 2 fully saturated rings. The molecule has 116 valence electrons. The molecule has 1 heterocycles. The minimum atomic E-state index is -0.427. The molecule has 1 aromatic carbocycles. The summed E-state index contributed by atoms with van der Waals surface area (Å²) in [6.07, 6.45) is 4.95. The van der Waals surface area contributed by atoms with Crippen molar-refractivity contribution in [2.75, 3.05) is 6.61 Å². The topological polar surface area (TPSA) is 29.5 Å². The molecule has 2 atom stereocenters. The van der Waals surface area contributed by atoms with Crippen molar-refractivity contribution in [3.05, 3.63) is 35.6 Å². The van der Waals surface area contributed by atoms with E-state index < -0.39 is 6.10 Å². The minimum absolute atomic E-state index is 0.0444. The average molecular weight is 292 g/mol. The maximum Gasteiger partial charge on any atom is 0.123 e. The third-order valence-corrected chi connectivity index (χ3v) is 5.57. The highest BCUT2D eigenvalue weighted by molar-refractivity contribution is 5.26. The summed E-state index contributed by atoms with van der Waals surface area (Å²) in [5, 5.41) is 10.9. The van der Waals surface area contributed by atoms with E-state index in [1.165, 1.54) is 18.6 Å². The van der Waals surface area contributed by atoms with Gasteiger partial charge in [-0.2, -0.15) is 0 Å². The first-order chi connectivity index (χ1) is 9.93. The lowest BCUT2D eigenvalue weighted by Crippen LogP contribution is -2.51. The van der Waals surface area contributed by atoms with E-state index in [1.807, 2.05) is 13.8 Å². The van der Waals surface area contributed by atoms with Gasteiger partial charge in [0.25, 0.3) is 0 Å². The zero-order valence-corrected chi connectivity index (χ0v) is 12.9. The van der Waals surface area contributed by atoms with Gasteiger partial charge in [0.15, 0.2) is 0 Å². The van der Waals surface area contributed by atoms with Crippen molar-refractivity contribution in [1.82, 2.24) is 0 Å². The zero-order chi connectivity index (χ0) is 15.1. The SMILES string of the molecule is CC(C)(c1ccc(F)cc1)C(O)C1CCOC2(CCC2)C1. The van der Waals surface area contributed by atoms with E-state index in [-0.39, 0.29) is 22.8 Å². The number of hydrogen-bond donors (Lipinski definition) is 1. The predicted molar refractivity (Wildman–Crippen MR) is 80.7 cm³/mol. The molecule has 1 saturated carbocycles. The van der Waals surface area contributed by atoms with Crippen LogP contribution in [0.1, 0.15) is 51.5 Å². The van der Waals surface area contributed by atoms with E-state index in [9.17, 15) is 9.50 Å². The normalized spacial score (nSPS) is 26.4. The van der Waals surface area contributed by atoms with Crippen LogP contribution in [0.4, 0.5) is 4.39 Å². The van der Waals surface area contributed by atoms with E-state index in [4.69, 9.17) is 4.74 Å². The number of aliphatic hydroxyl groups excluding tert-OH is 1. The third kappa shape index (κ3) is 2.74. The van der Waals surface area contributed by atoms with Crippen LogP contribution in [0, 0.1) is 11.7 Å². The highest BCUT2D eigenvalue weighted by Crippen LogP contribution is 2.47. The van der Waals surface area contributed by atoms with Gasteiger partial charge in [0.05, 0.1) is 11.7 Å². The van der Waals surface area contributed by atoms with Gasteiger partial charge in [-0.05, 0) is 55.7 Å². The molecule has 0 amide bonds. The second-order valence-corrected chi connectivity index (χ2v) is 7.31. The van der Waals surface area contributed by atoms with Gasteiger partial charge in [-0.15, -0.1) is 0 Å². The highest BCUT2D eigenvalue weighted by atomic mass is 19.1. The molecule has 0 radical (unpaired) electrons. The lowest BCUT2D eigenvalue weighted by molar-refractivity contribution is -0.162. The van der Waals surface area contributed by atoms with E-state index in [2.05, 4.69) is 0 Å². The van der Waals surface area contributed by atoms with Crippen molar-refractivity contribution in [2.45, 2.75) is 63.1 Å². The lowest BCUT2D eigenvalue weighted by Gasteiger charge is -2.50. The quantitative estimate of drug-likeness (QED) is 0.918. The van der Waals surface area contributed by atoms with Gasteiger partial charge in [0, 0.05) is 12.0 Å². The summed E-state index contributed by atoms with van der Waals surface area (Å²) in [4.78, 5) is 0. The van der Waals surface area contributed by atoms with E-state index in [1.54, 1.807) is 12.1 Å². The number of rotatable bonds is 3. The Morgan fingerprint density at radius 2 is 1.95 bits per heavy atom. The molecule has 1 spiro atoms. The van der Waals surface area contributed by atoms with Crippen molar-refractivity contribution in [3.8, 4) is 0 Å². The first-order valence-corrected chi connectivity index (χ1v) is 8.01. The van der Waals surface area contributed by atoms with Crippen LogP contribution in [-0.4, -0.2) is 23.4 Å². The van der Waals surface area contributed by atoms with Crippen molar-refractivity contribution in [1.29, 1.82) is 0 Å². The van der Waals surface area contributed by atoms with Gasteiger partial charge in [0.2, 0.25) is 0 Å². The maximum atomic E-state index is 13.1. The number of hydrogen-bond acceptors (Lipinski definition) is 2. The molecule has 0 bridgehead atoms. The van der Waals surface area contributed by atoms with Gasteiger partial charge in [-0.3, -0.25) is 0 Å². The average Bonchev–Trinajstić information content (AvgIpc) is 2.45. The summed E-state index contributed by atoms with van der Waals surface area (Å²) in [6, 6.07) is 6.52. The van der Waals surface area contributed by atoms with Crippen LogP contribution in [0.2, 0.25) is 0 Å². The number of benzene rings is 1. The molecule has 1 aliphatic heterocycles. The molecule has 3 rings (SSSR count). The molecule has 0 aromatic heterocycles. The summed E-state index contributed by atoms with van der Waals surface area (Å²) in [7, 11) is 0. The molecule has 2 nitrogen and oxygen atoms in total. The Morgan fingerprint density at radius 1 is 1.29 bits per heavy atom. The van der Waals surface area contributed by atoms with Gasteiger partial charge in [0.1, 0.15) is 5.82 Å². The van der Waals surface area contributed by atoms with Crippen molar-refractivity contribution < 1.29 is 14.2 Å². The third-order valence-electron chi connectivity index (χ3n) is 5.57. The molecule has 1 aliphatic carbocycles. The van der Waals surface area contributed by atoms with Crippen LogP contribution in [-0.2, 0) is 10.2 Å². The van der Waals surface area contributed by atoms with Crippen LogP contribution >= 0.6 is 0 Å². The maximum absolute atomic E-state index is 13.1. The standard InChI is InChI=1S/C18H25FO2/c1-17(2,14-4-6-15(19)7-5-14)16(20)13-8-11-21-18(12-13)9-3-10-18/h4-7,13,16,20H,3,8-12H2,1-2H3. The molecular weight excluding hydrogens is 267 g/mol. The number of halogens is 1. The molecule has 1 aromatic rings. The Morgan fingerprint density at radius 3 is 2.52 bits per heavy atom. The first-order valence-electron chi connectivity index (χ1n) is 8.01. The fourth-order valence-electron chi connectivity index (χ4n) is 3.89. The van der Waals surface area contributed by atoms with E-state index in [0.717, 1.165) is 37.9 Å². The largest absolute Gasteiger partial charge is 0.392 e. The smallest absolute Gasteiger partial charge is 0.123 e. The van der Waals surface area contributed by atoms with Gasteiger partial charge >= 0.3 is 0 Å². The minimum Gasteiger partial charge on any atom is -0.392 e. The Kier molecular flexibility index (Phi) is 3.83. The summed E-state index contributed by atoms with van der Waals surface area (Å²) in [5.41, 5.74) is 0.661. The second-order valence-electron chi connectivity index (χ2n) is 7.31. The van der Waals surface area contributed by atoms with E-state index >= 15 is 0 Å². The molecule has 3 heteroatoms. The van der Waals surface area contributed by atoms with Crippen molar-refractivity contribution in [2.24, 2.45) is 5.92 Å². The summed E-state index contributed by atoms with van der Waals surface area (Å²) < 4.78 is 19.1. The Labute approximate surface area is 126 Å².